The van der Waals surface area contributed by atoms with Crippen LogP contribution in [0.25, 0.3) is 0 Å². The SMILES string of the molecule is CCCC(CN)(CCC)C(=O)NCCOC(N)=O. The molecule has 0 aromatic rings. The van der Waals surface area contributed by atoms with E-state index >= 15 is 0 Å². The number of hydrogen-bond acceptors (Lipinski definition) is 4. The van der Waals surface area contributed by atoms with E-state index < -0.39 is 11.5 Å². The number of primary amides is 1. The van der Waals surface area contributed by atoms with Gasteiger partial charge in [-0.2, -0.15) is 0 Å². The summed E-state index contributed by atoms with van der Waals surface area (Å²) in [6.45, 7) is 4.74. The van der Waals surface area contributed by atoms with Crippen LogP contribution in [-0.2, 0) is 9.53 Å². The van der Waals surface area contributed by atoms with E-state index in [4.69, 9.17) is 11.5 Å². The first-order chi connectivity index (χ1) is 8.52. The number of nitrogens with one attached hydrogen (secondary N) is 1. The summed E-state index contributed by atoms with van der Waals surface area (Å²) in [4.78, 5) is 22.5. The minimum absolute atomic E-state index is 0.0678. The monoisotopic (exact) mass is 259 g/mol. The lowest BCUT2D eigenvalue weighted by molar-refractivity contribution is -0.131. The average Bonchev–Trinajstić information content (AvgIpc) is 2.33. The van der Waals surface area contributed by atoms with Gasteiger partial charge in [-0.1, -0.05) is 26.7 Å². The van der Waals surface area contributed by atoms with Crippen molar-refractivity contribution >= 4 is 12.0 Å². The maximum Gasteiger partial charge on any atom is 0.404 e. The second kappa shape index (κ2) is 8.74. The molecule has 6 nitrogen and oxygen atoms in total. The van der Waals surface area contributed by atoms with Crippen LogP contribution in [0.1, 0.15) is 39.5 Å². The number of ether oxygens (including phenoxy) is 1. The van der Waals surface area contributed by atoms with Gasteiger partial charge in [-0.3, -0.25) is 4.79 Å². The highest BCUT2D eigenvalue weighted by Gasteiger charge is 2.34. The third-order valence-corrected chi connectivity index (χ3v) is 2.96. The molecule has 106 valence electrons. The third-order valence-electron chi connectivity index (χ3n) is 2.96. The Bertz CT molecular complexity index is 263. The summed E-state index contributed by atoms with van der Waals surface area (Å²) < 4.78 is 4.55. The van der Waals surface area contributed by atoms with Gasteiger partial charge in [0.1, 0.15) is 6.61 Å². The maximum atomic E-state index is 12.2. The Kier molecular flexibility index (Phi) is 8.11. The predicted octanol–water partition coefficient (Wildman–Crippen LogP) is 0.743. The van der Waals surface area contributed by atoms with Crippen LogP contribution in [0.3, 0.4) is 0 Å². The van der Waals surface area contributed by atoms with E-state index in [0.717, 1.165) is 25.7 Å². The van der Waals surface area contributed by atoms with Crippen LogP contribution in [0.15, 0.2) is 0 Å². The zero-order valence-corrected chi connectivity index (χ0v) is 11.3. The van der Waals surface area contributed by atoms with E-state index in [9.17, 15) is 9.59 Å². The van der Waals surface area contributed by atoms with Gasteiger partial charge >= 0.3 is 6.09 Å². The summed E-state index contributed by atoms with van der Waals surface area (Å²) in [5.41, 5.74) is 10.1. The van der Waals surface area contributed by atoms with E-state index in [-0.39, 0.29) is 19.1 Å². The zero-order valence-electron chi connectivity index (χ0n) is 11.3. The molecule has 0 aliphatic rings. The second-order valence-electron chi connectivity index (χ2n) is 4.41. The number of amides is 2. The van der Waals surface area contributed by atoms with Gasteiger partial charge in [-0.15, -0.1) is 0 Å². The molecule has 18 heavy (non-hydrogen) atoms. The molecule has 6 heteroatoms. The highest BCUT2D eigenvalue weighted by Crippen LogP contribution is 2.28. The summed E-state index contributed by atoms with van der Waals surface area (Å²) in [6, 6.07) is 0. The Labute approximate surface area is 108 Å². The maximum absolute atomic E-state index is 12.2. The molecular formula is C12H25N3O3. The first-order valence-electron chi connectivity index (χ1n) is 6.43. The summed E-state index contributed by atoms with van der Waals surface area (Å²) in [5.74, 6) is -0.0678. The first-order valence-corrected chi connectivity index (χ1v) is 6.43. The second-order valence-corrected chi connectivity index (χ2v) is 4.41. The van der Waals surface area contributed by atoms with Gasteiger partial charge in [-0.25, -0.2) is 4.79 Å². The summed E-state index contributed by atoms with van der Waals surface area (Å²) in [7, 11) is 0. The standard InChI is InChI=1S/C12H25N3O3/c1-3-5-12(9-13,6-4-2)10(16)15-7-8-18-11(14)17/h3-9,13H2,1-2H3,(H2,14,17)(H,15,16). The highest BCUT2D eigenvalue weighted by molar-refractivity contribution is 5.82. The molecule has 0 aromatic heterocycles. The van der Waals surface area contributed by atoms with Crippen molar-refractivity contribution in [2.45, 2.75) is 39.5 Å². The smallest absolute Gasteiger partial charge is 0.404 e. The molecule has 5 N–H and O–H groups in total. The van der Waals surface area contributed by atoms with Crippen LogP contribution in [0.2, 0.25) is 0 Å². The van der Waals surface area contributed by atoms with Crippen molar-refractivity contribution in [2.75, 3.05) is 19.7 Å². The van der Waals surface area contributed by atoms with Crippen LogP contribution < -0.4 is 16.8 Å². The zero-order chi connectivity index (χ0) is 14.0. The Morgan fingerprint density at radius 2 is 1.78 bits per heavy atom. The molecule has 0 rings (SSSR count). The predicted molar refractivity (Wildman–Crippen MR) is 69.8 cm³/mol. The molecule has 2 amide bonds. The van der Waals surface area contributed by atoms with Crippen LogP contribution in [0.5, 0.6) is 0 Å². The van der Waals surface area contributed by atoms with E-state index in [1.807, 2.05) is 13.8 Å². The number of rotatable bonds is 9. The van der Waals surface area contributed by atoms with Gasteiger partial charge in [0.05, 0.1) is 12.0 Å². The van der Waals surface area contributed by atoms with Crippen molar-refractivity contribution in [1.29, 1.82) is 0 Å². The van der Waals surface area contributed by atoms with Gasteiger partial charge in [0.25, 0.3) is 0 Å². The Hall–Kier alpha value is -1.30. The van der Waals surface area contributed by atoms with Crippen molar-refractivity contribution < 1.29 is 14.3 Å². The quantitative estimate of drug-likeness (QED) is 0.531. The minimum Gasteiger partial charge on any atom is -0.448 e. The molecule has 0 saturated carbocycles. The fraction of sp³-hybridized carbons (Fsp3) is 0.833. The molecule has 0 heterocycles. The van der Waals surface area contributed by atoms with Gasteiger partial charge in [0.15, 0.2) is 0 Å². The molecular weight excluding hydrogens is 234 g/mol. The van der Waals surface area contributed by atoms with E-state index in [1.54, 1.807) is 0 Å². The van der Waals surface area contributed by atoms with Gasteiger partial charge in [0.2, 0.25) is 5.91 Å². The van der Waals surface area contributed by atoms with Crippen molar-refractivity contribution in [2.24, 2.45) is 16.9 Å². The van der Waals surface area contributed by atoms with Gasteiger partial charge in [0, 0.05) is 6.54 Å². The molecule has 0 aliphatic carbocycles. The largest absolute Gasteiger partial charge is 0.448 e. The average molecular weight is 259 g/mol. The number of hydrogen-bond donors (Lipinski definition) is 3. The summed E-state index contributed by atoms with van der Waals surface area (Å²) in [5, 5.41) is 2.75. The van der Waals surface area contributed by atoms with Crippen LogP contribution in [-0.4, -0.2) is 31.7 Å². The molecule has 0 unspecified atom stereocenters. The number of carbonyl (C=O) groups is 2. The van der Waals surface area contributed by atoms with Crippen molar-refractivity contribution in [3.8, 4) is 0 Å². The minimum atomic E-state index is -0.837. The topological polar surface area (TPSA) is 107 Å². The van der Waals surface area contributed by atoms with Gasteiger partial charge in [-0.05, 0) is 12.8 Å². The van der Waals surface area contributed by atoms with E-state index in [2.05, 4.69) is 10.1 Å². The molecule has 0 radical (unpaired) electrons. The van der Waals surface area contributed by atoms with Crippen molar-refractivity contribution in [1.82, 2.24) is 5.32 Å². The molecule has 0 aliphatic heterocycles. The lowest BCUT2D eigenvalue weighted by atomic mass is 9.78. The third kappa shape index (κ3) is 5.35. The summed E-state index contributed by atoms with van der Waals surface area (Å²) >= 11 is 0. The number of nitrogens with two attached hydrogens (primary N) is 2. The molecule has 0 bridgehead atoms. The Morgan fingerprint density at radius 3 is 2.17 bits per heavy atom. The van der Waals surface area contributed by atoms with Crippen molar-refractivity contribution in [3.05, 3.63) is 0 Å². The van der Waals surface area contributed by atoms with Crippen LogP contribution in [0, 0.1) is 5.41 Å². The van der Waals surface area contributed by atoms with Crippen LogP contribution in [0.4, 0.5) is 4.79 Å². The van der Waals surface area contributed by atoms with E-state index in [0.29, 0.717) is 6.54 Å². The lowest BCUT2D eigenvalue weighted by Gasteiger charge is -2.30. The normalized spacial score (nSPS) is 11.1. The molecule has 0 spiro atoms. The molecule has 0 fully saturated rings. The molecule has 0 aromatic carbocycles. The van der Waals surface area contributed by atoms with Crippen LogP contribution >= 0.6 is 0 Å². The number of carbonyl (C=O) groups excluding carboxylic acids is 2. The fourth-order valence-electron chi connectivity index (χ4n) is 2.11. The van der Waals surface area contributed by atoms with E-state index in [1.165, 1.54) is 0 Å². The lowest BCUT2D eigenvalue weighted by Crippen LogP contribution is -2.47. The van der Waals surface area contributed by atoms with Gasteiger partial charge < -0.3 is 21.5 Å². The molecule has 0 atom stereocenters. The first kappa shape index (κ1) is 16.7. The Morgan fingerprint density at radius 1 is 1.22 bits per heavy atom. The fourth-order valence-corrected chi connectivity index (χ4v) is 2.11. The molecule has 0 saturated heterocycles. The Balaban J connectivity index is 4.32. The highest BCUT2D eigenvalue weighted by atomic mass is 16.5. The van der Waals surface area contributed by atoms with Crippen molar-refractivity contribution in [3.63, 3.8) is 0 Å². The summed E-state index contributed by atoms with van der Waals surface area (Å²) in [6.07, 6.45) is 2.50.